The number of hydrogen-bond acceptors (Lipinski definition) is 4. The minimum absolute atomic E-state index is 0.377. The molecule has 0 spiro atoms. The van der Waals surface area contributed by atoms with Crippen LogP contribution in [0, 0.1) is 0 Å². The Hall–Kier alpha value is -1.68. The number of hydrogen-bond donors (Lipinski definition) is 0. The molecule has 0 heterocycles. The van der Waals surface area contributed by atoms with E-state index in [2.05, 4.69) is 32.6 Å². The van der Waals surface area contributed by atoms with Gasteiger partial charge in [0.15, 0.2) is 11.5 Å². The standard InChI is InChI=1S/C19H31NO3/c1-8-9-10-23-13-16-11-18(21-6)19(22-7)12-17(16)20(14(2)3)15(4)5/h8-9,11-12,14-15H,10,13H2,1-7H3/b9-8+. The first-order valence-electron chi connectivity index (χ1n) is 8.18. The SMILES string of the molecule is C/C=C/COCc1cc(OC)c(OC)cc1N(C(C)C)C(C)C. The van der Waals surface area contributed by atoms with Crippen molar-refractivity contribution >= 4 is 5.69 Å². The number of methoxy groups -OCH3 is 2. The van der Waals surface area contributed by atoms with Crippen LogP contribution < -0.4 is 14.4 Å². The lowest BCUT2D eigenvalue weighted by atomic mass is 10.1. The van der Waals surface area contributed by atoms with Crippen LogP contribution in [0.3, 0.4) is 0 Å². The number of benzene rings is 1. The van der Waals surface area contributed by atoms with Crippen molar-refractivity contribution in [3.63, 3.8) is 0 Å². The van der Waals surface area contributed by atoms with Crippen LogP contribution in [0.2, 0.25) is 0 Å². The summed E-state index contributed by atoms with van der Waals surface area (Å²) < 4.78 is 16.7. The normalized spacial score (nSPS) is 11.5. The molecule has 0 aromatic heterocycles. The average molecular weight is 321 g/mol. The van der Waals surface area contributed by atoms with Gasteiger partial charge in [-0.15, -0.1) is 0 Å². The molecular weight excluding hydrogens is 290 g/mol. The van der Waals surface area contributed by atoms with E-state index in [0.717, 1.165) is 22.7 Å². The molecule has 1 aromatic rings. The summed E-state index contributed by atoms with van der Waals surface area (Å²) in [6.45, 7) is 11.9. The van der Waals surface area contributed by atoms with Crippen LogP contribution in [0.1, 0.15) is 40.2 Å². The van der Waals surface area contributed by atoms with Gasteiger partial charge in [-0.3, -0.25) is 0 Å². The minimum Gasteiger partial charge on any atom is -0.493 e. The lowest BCUT2D eigenvalue weighted by Gasteiger charge is -2.35. The van der Waals surface area contributed by atoms with E-state index < -0.39 is 0 Å². The number of nitrogens with zero attached hydrogens (tertiary/aromatic N) is 1. The van der Waals surface area contributed by atoms with E-state index in [9.17, 15) is 0 Å². The van der Waals surface area contributed by atoms with E-state index in [1.807, 2.05) is 31.2 Å². The quantitative estimate of drug-likeness (QED) is 0.497. The molecule has 0 aliphatic rings. The van der Waals surface area contributed by atoms with E-state index in [1.54, 1.807) is 14.2 Å². The molecule has 0 amide bonds. The minimum atomic E-state index is 0.377. The monoisotopic (exact) mass is 321 g/mol. The Labute approximate surface area is 141 Å². The van der Waals surface area contributed by atoms with Crippen LogP contribution >= 0.6 is 0 Å². The molecule has 23 heavy (non-hydrogen) atoms. The summed E-state index contributed by atoms with van der Waals surface area (Å²) in [6, 6.07) is 4.82. The Morgan fingerprint density at radius 1 is 1.00 bits per heavy atom. The first kappa shape index (κ1) is 19.4. The highest BCUT2D eigenvalue weighted by molar-refractivity contribution is 5.63. The molecule has 4 nitrogen and oxygen atoms in total. The molecule has 0 saturated heterocycles. The maximum absolute atomic E-state index is 5.77. The van der Waals surface area contributed by atoms with Gasteiger partial charge in [0.05, 0.1) is 27.4 Å². The van der Waals surface area contributed by atoms with Crippen molar-refractivity contribution in [3.05, 3.63) is 29.8 Å². The zero-order chi connectivity index (χ0) is 17.4. The third-order valence-electron chi connectivity index (χ3n) is 3.68. The lowest BCUT2D eigenvalue weighted by molar-refractivity contribution is 0.148. The summed E-state index contributed by atoms with van der Waals surface area (Å²) in [6.07, 6.45) is 3.99. The van der Waals surface area contributed by atoms with Gasteiger partial charge in [0.25, 0.3) is 0 Å². The molecule has 0 unspecified atom stereocenters. The highest BCUT2D eigenvalue weighted by Crippen LogP contribution is 2.37. The summed E-state index contributed by atoms with van der Waals surface area (Å²) in [5.41, 5.74) is 2.24. The van der Waals surface area contributed by atoms with Crippen LogP contribution in [0.25, 0.3) is 0 Å². The predicted octanol–water partition coefficient (Wildman–Crippen LogP) is 4.42. The summed E-state index contributed by atoms with van der Waals surface area (Å²) in [5, 5.41) is 0. The van der Waals surface area contributed by atoms with E-state index in [-0.39, 0.29) is 0 Å². The molecular formula is C19H31NO3. The van der Waals surface area contributed by atoms with Gasteiger partial charge in [0.1, 0.15) is 0 Å². The molecule has 1 rings (SSSR count). The zero-order valence-corrected chi connectivity index (χ0v) is 15.6. The second-order valence-electron chi connectivity index (χ2n) is 6.01. The second-order valence-corrected chi connectivity index (χ2v) is 6.01. The summed E-state index contributed by atoms with van der Waals surface area (Å²) in [7, 11) is 3.32. The smallest absolute Gasteiger partial charge is 0.162 e. The number of anilines is 1. The molecule has 0 radical (unpaired) electrons. The van der Waals surface area contributed by atoms with E-state index >= 15 is 0 Å². The second kappa shape index (κ2) is 9.46. The van der Waals surface area contributed by atoms with Crippen molar-refractivity contribution in [2.75, 3.05) is 25.7 Å². The fourth-order valence-electron chi connectivity index (χ4n) is 2.75. The van der Waals surface area contributed by atoms with E-state index in [4.69, 9.17) is 14.2 Å². The van der Waals surface area contributed by atoms with Crippen LogP contribution in [0.15, 0.2) is 24.3 Å². The largest absolute Gasteiger partial charge is 0.493 e. The topological polar surface area (TPSA) is 30.9 Å². The van der Waals surface area contributed by atoms with Crippen LogP contribution in [0.4, 0.5) is 5.69 Å². The third-order valence-corrected chi connectivity index (χ3v) is 3.68. The molecule has 0 N–H and O–H groups in total. The molecule has 0 bridgehead atoms. The fraction of sp³-hybridized carbons (Fsp3) is 0.579. The molecule has 0 fully saturated rings. The van der Waals surface area contributed by atoms with E-state index in [0.29, 0.717) is 25.3 Å². The molecule has 0 atom stereocenters. The van der Waals surface area contributed by atoms with Crippen molar-refractivity contribution in [2.24, 2.45) is 0 Å². The molecule has 1 aromatic carbocycles. The van der Waals surface area contributed by atoms with Gasteiger partial charge in [-0.25, -0.2) is 0 Å². The summed E-state index contributed by atoms with van der Waals surface area (Å²) in [5.74, 6) is 1.47. The Balaban J connectivity index is 3.26. The van der Waals surface area contributed by atoms with Gasteiger partial charge < -0.3 is 19.1 Å². The number of allylic oxidation sites excluding steroid dienone is 1. The number of rotatable bonds is 9. The van der Waals surface area contributed by atoms with Gasteiger partial charge in [-0.2, -0.15) is 0 Å². The molecule has 130 valence electrons. The van der Waals surface area contributed by atoms with Gasteiger partial charge in [-0.05, 0) is 40.7 Å². The van der Waals surface area contributed by atoms with Crippen molar-refractivity contribution in [3.8, 4) is 11.5 Å². The van der Waals surface area contributed by atoms with Gasteiger partial charge in [-0.1, -0.05) is 12.2 Å². The summed E-state index contributed by atoms with van der Waals surface area (Å²) in [4.78, 5) is 2.37. The van der Waals surface area contributed by atoms with E-state index in [1.165, 1.54) is 0 Å². The first-order valence-corrected chi connectivity index (χ1v) is 8.18. The van der Waals surface area contributed by atoms with Gasteiger partial charge >= 0.3 is 0 Å². The molecule has 0 saturated carbocycles. The van der Waals surface area contributed by atoms with Crippen LogP contribution in [0.5, 0.6) is 11.5 Å². The fourth-order valence-corrected chi connectivity index (χ4v) is 2.75. The third kappa shape index (κ3) is 5.17. The number of ether oxygens (including phenoxy) is 3. The zero-order valence-electron chi connectivity index (χ0n) is 15.6. The van der Waals surface area contributed by atoms with Crippen molar-refractivity contribution < 1.29 is 14.2 Å². The van der Waals surface area contributed by atoms with Gasteiger partial charge in [0.2, 0.25) is 0 Å². The maximum Gasteiger partial charge on any atom is 0.162 e. The highest BCUT2D eigenvalue weighted by atomic mass is 16.5. The molecule has 0 aliphatic carbocycles. The predicted molar refractivity (Wildman–Crippen MR) is 96.8 cm³/mol. The van der Waals surface area contributed by atoms with Gasteiger partial charge in [0, 0.05) is 29.4 Å². The van der Waals surface area contributed by atoms with Crippen LogP contribution in [-0.4, -0.2) is 32.9 Å². The maximum atomic E-state index is 5.77. The Bertz CT molecular complexity index is 502. The van der Waals surface area contributed by atoms with Crippen molar-refractivity contribution in [1.82, 2.24) is 0 Å². The van der Waals surface area contributed by atoms with Crippen LogP contribution in [-0.2, 0) is 11.3 Å². The Morgan fingerprint density at radius 2 is 1.57 bits per heavy atom. The first-order chi connectivity index (χ1) is 11.0. The lowest BCUT2D eigenvalue weighted by Crippen LogP contribution is -2.37. The summed E-state index contributed by atoms with van der Waals surface area (Å²) >= 11 is 0. The molecule has 0 aliphatic heterocycles. The van der Waals surface area contributed by atoms with Crippen molar-refractivity contribution in [1.29, 1.82) is 0 Å². The van der Waals surface area contributed by atoms with Crippen molar-refractivity contribution in [2.45, 2.75) is 53.3 Å². The average Bonchev–Trinajstić information content (AvgIpc) is 2.51. The Kier molecular flexibility index (Phi) is 7.96. The molecule has 4 heteroatoms. The Morgan fingerprint density at radius 3 is 2.04 bits per heavy atom. The highest BCUT2D eigenvalue weighted by Gasteiger charge is 2.20.